The van der Waals surface area contributed by atoms with E-state index in [1.165, 1.54) is 21.9 Å². The summed E-state index contributed by atoms with van der Waals surface area (Å²) in [4.78, 5) is 0. The number of fused-ring (bicyclic) bond motifs is 3. The normalized spacial score (nSPS) is 12.0. The highest BCUT2D eigenvalue weighted by Gasteiger charge is 2.14. The van der Waals surface area contributed by atoms with Gasteiger partial charge in [-0.25, -0.2) is 0 Å². The first-order chi connectivity index (χ1) is 11.9. The molecule has 0 unspecified atom stereocenters. The molecule has 0 bridgehead atoms. The van der Waals surface area contributed by atoms with Crippen LogP contribution in [0.25, 0.3) is 21.9 Å². The summed E-state index contributed by atoms with van der Waals surface area (Å²) in [6, 6.07) is 29.8. The molecule has 0 amide bonds. The lowest BCUT2D eigenvalue weighted by molar-refractivity contribution is 1.45. The molecule has 0 saturated heterocycles. The van der Waals surface area contributed by atoms with Crippen LogP contribution in [-0.4, -0.2) is 0 Å². The number of para-hydroxylation sites is 2. The Morgan fingerprint density at radius 1 is 0.500 bits per heavy atom. The number of hydrogen-bond acceptors (Lipinski definition) is 2. The third-order valence-corrected chi connectivity index (χ3v) is 4.59. The Morgan fingerprint density at radius 3 is 2.04 bits per heavy atom. The van der Waals surface area contributed by atoms with Gasteiger partial charge >= 0.3 is 0 Å². The minimum absolute atomic E-state index is 1.11. The van der Waals surface area contributed by atoms with Crippen LogP contribution in [-0.2, 0) is 0 Å². The molecule has 114 valence electrons. The monoisotopic (exact) mass is 308 g/mol. The number of benzene rings is 4. The molecule has 1 aliphatic rings. The van der Waals surface area contributed by atoms with Crippen molar-refractivity contribution in [3.05, 3.63) is 84.9 Å². The van der Waals surface area contributed by atoms with Crippen molar-refractivity contribution in [1.29, 1.82) is 0 Å². The molecule has 0 saturated carbocycles. The van der Waals surface area contributed by atoms with E-state index in [-0.39, 0.29) is 0 Å². The van der Waals surface area contributed by atoms with Gasteiger partial charge in [0.15, 0.2) is 0 Å². The van der Waals surface area contributed by atoms with Gasteiger partial charge in [0.2, 0.25) is 0 Å². The van der Waals surface area contributed by atoms with E-state index in [9.17, 15) is 0 Å². The Morgan fingerprint density at radius 2 is 1.17 bits per heavy atom. The number of rotatable bonds is 1. The fourth-order valence-electron chi connectivity index (χ4n) is 3.39. The van der Waals surface area contributed by atoms with Crippen LogP contribution in [0.5, 0.6) is 0 Å². The standard InChI is InChI=1S/C22H16N2/c1-2-8-17-15(6-1)7-5-9-18(17)16-12-13-21-22(14-16)24-20-11-4-3-10-19(20)23-21/h1-14,23-24H. The summed E-state index contributed by atoms with van der Waals surface area (Å²) in [5.74, 6) is 0. The SMILES string of the molecule is c1ccc2c(c1)Nc1ccc(-c3cccc4ccccc34)cc1N2. The molecule has 1 heterocycles. The molecule has 24 heavy (non-hydrogen) atoms. The third-order valence-electron chi connectivity index (χ3n) is 4.59. The van der Waals surface area contributed by atoms with Crippen molar-refractivity contribution in [2.75, 3.05) is 10.6 Å². The Kier molecular flexibility index (Phi) is 2.83. The van der Waals surface area contributed by atoms with Gasteiger partial charge in [-0.1, -0.05) is 60.7 Å². The van der Waals surface area contributed by atoms with Gasteiger partial charge in [0.25, 0.3) is 0 Å². The second kappa shape index (κ2) is 5.14. The Labute approximate surface area is 140 Å². The molecule has 0 aromatic heterocycles. The van der Waals surface area contributed by atoms with Gasteiger partial charge in [0, 0.05) is 0 Å². The van der Waals surface area contributed by atoms with E-state index in [1.807, 2.05) is 12.1 Å². The molecular weight excluding hydrogens is 292 g/mol. The van der Waals surface area contributed by atoms with Gasteiger partial charge in [-0.2, -0.15) is 0 Å². The van der Waals surface area contributed by atoms with Crippen LogP contribution in [0.2, 0.25) is 0 Å². The Hall–Kier alpha value is -3.26. The lowest BCUT2D eigenvalue weighted by Crippen LogP contribution is -2.05. The summed E-state index contributed by atoms with van der Waals surface area (Å²) in [6.45, 7) is 0. The second-order valence-corrected chi connectivity index (χ2v) is 6.08. The van der Waals surface area contributed by atoms with Gasteiger partial charge in [0.1, 0.15) is 0 Å². The van der Waals surface area contributed by atoms with Gasteiger partial charge in [-0.3, -0.25) is 0 Å². The molecule has 0 aliphatic carbocycles. The molecule has 2 N–H and O–H groups in total. The predicted molar refractivity (Wildman–Crippen MR) is 102 cm³/mol. The van der Waals surface area contributed by atoms with E-state index in [4.69, 9.17) is 0 Å². The van der Waals surface area contributed by atoms with Crippen LogP contribution < -0.4 is 10.6 Å². The topological polar surface area (TPSA) is 24.1 Å². The molecule has 0 fully saturated rings. The Bertz CT molecular complexity index is 1060. The van der Waals surface area contributed by atoms with Crippen LogP contribution in [0.4, 0.5) is 22.7 Å². The van der Waals surface area contributed by atoms with Gasteiger partial charge < -0.3 is 10.6 Å². The maximum absolute atomic E-state index is 3.54. The Balaban J connectivity index is 1.64. The van der Waals surface area contributed by atoms with Crippen LogP contribution >= 0.6 is 0 Å². The molecule has 5 rings (SSSR count). The summed E-state index contributed by atoms with van der Waals surface area (Å²) in [6.07, 6.45) is 0. The molecule has 0 atom stereocenters. The third kappa shape index (κ3) is 2.04. The minimum atomic E-state index is 1.11. The molecule has 2 heteroatoms. The molecule has 0 radical (unpaired) electrons. The van der Waals surface area contributed by atoms with Crippen LogP contribution in [0.3, 0.4) is 0 Å². The van der Waals surface area contributed by atoms with E-state index in [0.717, 1.165) is 22.7 Å². The second-order valence-electron chi connectivity index (χ2n) is 6.08. The highest BCUT2D eigenvalue weighted by Crippen LogP contribution is 2.40. The molecule has 4 aromatic rings. The zero-order valence-corrected chi connectivity index (χ0v) is 13.1. The van der Waals surface area contributed by atoms with E-state index < -0.39 is 0 Å². The van der Waals surface area contributed by atoms with Crippen LogP contribution in [0, 0.1) is 0 Å². The van der Waals surface area contributed by atoms with Crippen molar-refractivity contribution >= 4 is 33.5 Å². The summed E-state index contributed by atoms with van der Waals surface area (Å²) in [7, 11) is 0. The molecule has 4 aromatic carbocycles. The first-order valence-corrected chi connectivity index (χ1v) is 8.14. The number of nitrogens with one attached hydrogen (secondary N) is 2. The van der Waals surface area contributed by atoms with Crippen LogP contribution in [0.15, 0.2) is 84.9 Å². The quantitative estimate of drug-likeness (QED) is 0.379. The van der Waals surface area contributed by atoms with E-state index in [0.29, 0.717) is 0 Å². The fraction of sp³-hybridized carbons (Fsp3) is 0. The summed E-state index contributed by atoms with van der Waals surface area (Å²) >= 11 is 0. The van der Waals surface area contributed by atoms with Gasteiger partial charge in [-0.05, 0) is 46.2 Å². The smallest absolute Gasteiger partial charge is 0.0630 e. The van der Waals surface area contributed by atoms with E-state index >= 15 is 0 Å². The first kappa shape index (κ1) is 13.2. The first-order valence-electron chi connectivity index (χ1n) is 8.14. The number of hydrogen-bond donors (Lipinski definition) is 2. The van der Waals surface area contributed by atoms with Crippen molar-refractivity contribution in [2.45, 2.75) is 0 Å². The maximum atomic E-state index is 3.54. The van der Waals surface area contributed by atoms with Gasteiger partial charge in [0.05, 0.1) is 22.7 Å². The summed E-state index contributed by atoms with van der Waals surface area (Å²) in [5.41, 5.74) is 6.93. The fourth-order valence-corrected chi connectivity index (χ4v) is 3.39. The van der Waals surface area contributed by atoms with Crippen molar-refractivity contribution in [1.82, 2.24) is 0 Å². The number of anilines is 4. The predicted octanol–water partition coefficient (Wildman–Crippen LogP) is 6.31. The zero-order chi connectivity index (χ0) is 15.9. The minimum Gasteiger partial charge on any atom is -0.352 e. The molecule has 2 nitrogen and oxygen atoms in total. The van der Waals surface area contributed by atoms with Gasteiger partial charge in [-0.15, -0.1) is 0 Å². The maximum Gasteiger partial charge on any atom is 0.0630 e. The summed E-state index contributed by atoms with van der Waals surface area (Å²) < 4.78 is 0. The molecular formula is C22H16N2. The lowest BCUT2D eigenvalue weighted by Gasteiger charge is -2.23. The van der Waals surface area contributed by atoms with Crippen LogP contribution in [0.1, 0.15) is 0 Å². The highest BCUT2D eigenvalue weighted by atomic mass is 15.0. The average molecular weight is 308 g/mol. The van der Waals surface area contributed by atoms with E-state index in [2.05, 4.69) is 83.4 Å². The molecule has 1 aliphatic heterocycles. The van der Waals surface area contributed by atoms with Crippen molar-refractivity contribution in [3.8, 4) is 11.1 Å². The largest absolute Gasteiger partial charge is 0.352 e. The average Bonchev–Trinajstić information content (AvgIpc) is 2.65. The summed E-state index contributed by atoms with van der Waals surface area (Å²) in [5, 5.41) is 9.58. The highest BCUT2D eigenvalue weighted by molar-refractivity contribution is 5.99. The zero-order valence-electron chi connectivity index (χ0n) is 13.1. The lowest BCUT2D eigenvalue weighted by atomic mass is 9.97. The van der Waals surface area contributed by atoms with Crippen molar-refractivity contribution < 1.29 is 0 Å². The molecule has 0 spiro atoms. The van der Waals surface area contributed by atoms with E-state index in [1.54, 1.807) is 0 Å². The van der Waals surface area contributed by atoms with Crippen molar-refractivity contribution in [2.24, 2.45) is 0 Å². The van der Waals surface area contributed by atoms with Crippen molar-refractivity contribution in [3.63, 3.8) is 0 Å².